The van der Waals surface area contributed by atoms with E-state index in [2.05, 4.69) is 5.32 Å². The maximum Gasteiger partial charge on any atom is 0.405 e. The van der Waals surface area contributed by atoms with Crippen LogP contribution in [0.25, 0.3) is 0 Å². The first-order valence-electron chi connectivity index (χ1n) is 3.69. The van der Waals surface area contributed by atoms with E-state index in [4.69, 9.17) is 10.4 Å². The highest BCUT2D eigenvalue weighted by Gasteiger charge is 2.33. The normalized spacial score (nSPS) is 20.9. The summed E-state index contributed by atoms with van der Waals surface area (Å²) in [6, 6.07) is 2.04. The molecule has 0 atom stereocenters. The van der Waals surface area contributed by atoms with Crippen LogP contribution in [0, 0.1) is 11.3 Å². The van der Waals surface area contributed by atoms with E-state index in [1.165, 1.54) is 0 Å². The smallest absolute Gasteiger partial charge is 0.405 e. The predicted molar refractivity (Wildman–Crippen MR) is 46.1 cm³/mol. The van der Waals surface area contributed by atoms with Crippen LogP contribution in [0.3, 0.4) is 0 Å². The van der Waals surface area contributed by atoms with Crippen molar-refractivity contribution in [1.82, 2.24) is 5.32 Å². The number of amides is 1. The van der Waals surface area contributed by atoms with Crippen molar-refractivity contribution in [3.63, 3.8) is 0 Å². The number of hydrogen-bond donors (Lipinski definition) is 2. The average molecular weight is 186 g/mol. The van der Waals surface area contributed by atoms with Crippen molar-refractivity contribution in [3.05, 3.63) is 0 Å². The van der Waals surface area contributed by atoms with Gasteiger partial charge in [0.1, 0.15) is 5.54 Å². The minimum atomic E-state index is -1.11. The van der Waals surface area contributed by atoms with Crippen molar-refractivity contribution in [2.24, 2.45) is 0 Å². The molecule has 66 valence electrons. The Kier molecular flexibility index (Phi) is 2.82. The van der Waals surface area contributed by atoms with Gasteiger partial charge in [0.2, 0.25) is 0 Å². The van der Waals surface area contributed by atoms with Crippen molar-refractivity contribution in [2.75, 3.05) is 11.5 Å². The molecule has 1 saturated heterocycles. The summed E-state index contributed by atoms with van der Waals surface area (Å²) in [5.74, 6) is 1.71. The van der Waals surface area contributed by atoms with Gasteiger partial charge in [-0.05, 0) is 24.3 Å². The Morgan fingerprint density at radius 3 is 2.58 bits per heavy atom. The SMILES string of the molecule is N#CC1(NC(=O)O)CCSCC1. The van der Waals surface area contributed by atoms with Crippen molar-refractivity contribution >= 4 is 17.9 Å². The van der Waals surface area contributed by atoms with Crippen molar-refractivity contribution in [2.45, 2.75) is 18.4 Å². The first kappa shape index (κ1) is 9.20. The van der Waals surface area contributed by atoms with Crippen LogP contribution in [0.4, 0.5) is 4.79 Å². The lowest BCUT2D eigenvalue weighted by atomic mass is 9.94. The van der Waals surface area contributed by atoms with E-state index in [0.29, 0.717) is 12.8 Å². The molecular weight excluding hydrogens is 176 g/mol. The fourth-order valence-electron chi connectivity index (χ4n) is 1.19. The Hall–Kier alpha value is -0.890. The second-order valence-electron chi connectivity index (χ2n) is 2.74. The fourth-order valence-corrected chi connectivity index (χ4v) is 2.38. The molecule has 0 radical (unpaired) electrons. The molecule has 12 heavy (non-hydrogen) atoms. The quantitative estimate of drug-likeness (QED) is 0.641. The first-order chi connectivity index (χ1) is 5.68. The largest absolute Gasteiger partial charge is 0.465 e. The van der Waals surface area contributed by atoms with Crippen LogP contribution in [0.2, 0.25) is 0 Å². The molecule has 0 spiro atoms. The number of thioether (sulfide) groups is 1. The van der Waals surface area contributed by atoms with Crippen LogP contribution in [0.1, 0.15) is 12.8 Å². The molecule has 0 unspecified atom stereocenters. The molecule has 1 rings (SSSR count). The third-order valence-electron chi connectivity index (χ3n) is 1.91. The Morgan fingerprint density at radius 1 is 1.58 bits per heavy atom. The number of hydrogen-bond acceptors (Lipinski definition) is 3. The molecule has 4 nitrogen and oxygen atoms in total. The third kappa shape index (κ3) is 2.05. The first-order valence-corrected chi connectivity index (χ1v) is 4.84. The Balaban J connectivity index is 2.61. The lowest BCUT2D eigenvalue weighted by Gasteiger charge is -2.29. The predicted octanol–water partition coefficient (Wildman–Crippen LogP) is 1.04. The number of nitrogens with one attached hydrogen (secondary N) is 1. The minimum Gasteiger partial charge on any atom is -0.465 e. The summed E-state index contributed by atoms with van der Waals surface area (Å²) in [6.45, 7) is 0. The zero-order chi connectivity index (χ0) is 9.03. The topological polar surface area (TPSA) is 73.1 Å². The van der Waals surface area contributed by atoms with Crippen molar-refractivity contribution in [3.8, 4) is 6.07 Å². The lowest BCUT2D eigenvalue weighted by Crippen LogP contribution is -2.49. The molecular formula is C7H10N2O2S. The van der Waals surface area contributed by atoms with Gasteiger partial charge in [-0.15, -0.1) is 0 Å². The Bertz CT molecular complexity index is 218. The van der Waals surface area contributed by atoms with Crippen LogP contribution in [-0.4, -0.2) is 28.2 Å². The maximum atomic E-state index is 10.4. The van der Waals surface area contributed by atoms with Gasteiger partial charge in [-0.2, -0.15) is 17.0 Å². The summed E-state index contributed by atoms with van der Waals surface area (Å²) in [4.78, 5) is 10.4. The molecule has 0 aromatic rings. The molecule has 0 aromatic carbocycles. The molecule has 1 aliphatic heterocycles. The molecule has 1 aliphatic rings. The van der Waals surface area contributed by atoms with Gasteiger partial charge < -0.3 is 10.4 Å². The maximum absolute atomic E-state index is 10.4. The minimum absolute atomic E-state index is 0.612. The van der Waals surface area contributed by atoms with Gasteiger partial charge in [-0.3, -0.25) is 0 Å². The van der Waals surface area contributed by atoms with Crippen LogP contribution in [0.5, 0.6) is 0 Å². The van der Waals surface area contributed by atoms with Gasteiger partial charge in [0, 0.05) is 0 Å². The van der Waals surface area contributed by atoms with Gasteiger partial charge in [0.15, 0.2) is 0 Å². The standard InChI is InChI=1S/C7H10N2O2S/c8-5-7(9-6(10)11)1-3-12-4-2-7/h9H,1-4H2,(H,10,11). The van der Waals surface area contributed by atoms with E-state index >= 15 is 0 Å². The summed E-state index contributed by atoms with van der Waals surface area (Å²) in [6.07, 6.45) is 0.115. The number of carbonyl (C=O) groups is 1. The summed E-state index contributed by atoms with van der Waals surface area (Å²) >= 11 is 1.76. The second-order valence-corrected chi connectivity index (χ2v) is 3.96. The zero-order valence-electron chi connectivity index (χ0n) is 6.54. The van der Waals surface area contributed by atoms with Crippen LogP contribution < -0.4 is 5.32 Å². The van der Waals surface area contributed by atoms with E-state index in [1.807, 2.05) is 6.07 Å². The molecule has 1 amide bonds. The van der Waals surface area contributed by atoms with E-state index in [-0.39, 0.29) is 0 Å². The third-order valence-corrected chi connectivity index (χ3v) is 2.89. The summed E-state index contributed by atoms with van der Waals surface area (Å²) in [5, 5.41) is 19.6. The second kappa shape index (κ2) is 3.68. The van der Waals surface area contributed by atoms with Crippen LogP contribution in [-0.2, 0) is 0 Å². The van der Waals surface area contributed by atoms with Gasteiger partial charge in [0.05, 0.1) is 6.07 Å². The van der Waals surface area contributed by atoms with Crippen molar-refractivity contribution in [1.29, 1.82) is 5.26 Å². The van der Waals surface area contributed by atoms with Crippen molar-refractivity contribution < 1.29 is 9.90 Å². The van der Waals surface area contributed by atoms with Crippen LogP contribution in [0.15, 0.2) is 0 Å². The van der Waals surface area contributed by atoms with E-state index in [9.17, 15) is 4.79 Å². The fraction of sp³-hybridized carbons (Fsp3) is 0.714. The average Bonchev–Trinajstić information content (AvgIpc) is 2.05. The lowest BCUT2D eigenvalue weighted by molar-refractivity contribution is 0.183. The molecule has 0 bridgehead atoms. The molecule has 1 heterocycles. The number of nitrogens with zero attached hydrogens (tertiary/aromatic N) is 1. The summed E-state index contributed by atoms with van der Waals surface area (Å²) in [5.41, 5.74) is -0.822. The monoisotopic (exact) mass is 186 g/mol. The molecule has 1 fully saturated rings. The van der Waals surface area contributed by atoms with Gasteiger partial charge in [-0.25, -0.2) is 4.79 Å². The summed E-state index contributed by atoms with van der Waals surface area (Å²) < 4.78 is 0. The molecule has 2 N–H and O–H groups in total. The van der Waals surface area contributed by atoms with E-state index in [1.54, 1.807) is 11.8 Å². The highest BCUT2D eigenvalue weighted by Crippen LogP contribution is 2.26. The summed E-state index contributed by atoms with van der Waals surface area (Å²) in [7, 11) is 0. The molecule has 0 saturated carbocycles. The number of nitriles is 1. The highest BCUT2D eigenvalue weighted by atomic mass is 32.2. The highest BCUT2D eigenvalue weighted by molar-refractivity contribution is 7.99. The van der Waals surface area contributed by atoms with Gasteiger partial charge in [0.25, 0.3) is 0 Å². The van der Waals surface area contributed by atoms with Gasteiger partial charge >= 0.3 is 6.09 Å². The zero-order valence-corrected chi connectivity index (χ0v) is 7.36. The van der Waals surface area contributed by atoms with E-state index < -0.39 is 11.6 Å². The molecule has 5 heteroatoms. The number of carboxylic acid groups (broad SMARTS) is 1. The van der Waals surface area contributed by atoms with E-state index in [0.717, 1.165) is 11.5 Å². The number of rotatable bonds is 1. The van der Waals surface area contributed by atoms with Gasteiger partial charge in [-0.1, -0.05) is 0 Å². The Labute approximate surface area is 74.9 Å². The Morgan fingerprint density at radius 2 is 2.17 bits per heavy atom. The molecule has 0 aliphatic carbocycles. The molecule has 0 aromatic heterocycles. The van der Waals surface area contributed by atoms with Crippen LogP contribution >= 0.6 is 11.8 Å².